The zero-order chi connectivity index (χ0) is 29.4. The number of aromatic nitrogens is 1. The molecule has 0 unspecified atom stereocenters. The minimum atomic E-state index is -0.665. The van der Waals surface area contributed by atoms with Crippen molar-refractivity contribution in [3.05, 3.63) is 30.3 Å². The molecule has 10 nitrogen and oxygen atoms in total. The Morgan fingerprint density at radius 2 is 1.76 bits per heavy atom. The summed E-state index contributed by atoms with van der Waals surface area (Å²) in [6.07, 6.45) is 6.28. The highest BCUT2D eigenvalue weighted by molar-refractivity contribution is 7.20. The van der Waals surface area contributed by atoms with E-state index >= 15 is 0 Å². The van der Waals surface area contributed by atoms with Crippen LogP contribution in [0.3, 0.4) is 0 Å². The summed E-state index contributed by atoms with van der Waals surface area (Å²) < 4.78 is 4.98. The number of nitrogens with zero attached hydrogens (tertiary/aromatic N) is 2. The average Bonchev–Trinajstić information content (AvgIpc) is 3.63. The molecule has 2 aromatic rings. The van der Waals surface area contributed by atoms with Crippen LogP contribution >= 0.6 is 11.3 Å². The predicted molar refractivity (Wildman–Crippen MR) is 160 cm³/mol. The molecule has 1 aliphatic carbocycles. The Labute approximate surface area is 245 Å². The van der Waals surface area contributed by atoms with Gasteiger partial charge >= 0.3 is 6.09 Å². The smallest absolute Gasteiger partial charge is 0.413 e. The quantitative estimate of drug-likeness (QED) is 0.343. The molecule has 1 aromatic heterocycles. The second kappa shape index (κ2) is 14.4. The number of thiazole rings is 1. The highest BCUT2D eigenvalue weighted by Gasteiger charge is 2.41. The number of nitrogens with one attached hydrogen (secondary N) is 3. The van der Waals surface area contributed by atoms with Gasteiger partial charge in [-0.05, 0) is 44.9 Å². The fraction of sp³-hybridized carbons (Fsp3) is 0.567. The van der Waals surface area contributed by atoms with Crippen LogP contribution in [0.15, 0.2) is 30.3 Å². The molecule has 1 saturated carbocycles. The molecular weight excluding hydrogens is 542 g/mol. The Kier molecular flexibility index (Phi) is 10.7. The largest absolute Gasteiger partial charge is 0.450 e. The number of rotatable bonds is 10. The SMILES string of the molecule is CCOC(=O)Nc1nc(-c2ccccc2)c(NC(=O)[C@@H]2CCCN2C(=O)[C@@H](NC(=O)[C@H](C)CC)C2CCCCC2)s1. The van der Waals surface area contributed by atoms with Crippen LogP contribution < -0.4 is 16.0 Å². The summed E-state index contributed by atoms with van der Waals surface area (Å²) in [5.41, 5.74) is 1.30. The number of amides is 4. The fourth-order valence-corrected chi connectivity index (χ4v) is 6.39. The van der Waals surface area contributed by atoms with E-state index in [4.69, 9.17) is 4.74 Å². The molecule has 0 bridgehead atoms. The molecule has 4 rings (SSSR count). The number of hydrogen-bond donors (Lipinski definition) is 3. The molecule has 1 saturated heterocycles. The third-order valence-corrected chi connectivity index (χ3v) is 8.87. The molecular formula is C30H41N5O5S. The summed E-state index contributed by atoms with van der Waals surface area (Å²) in [7, 11) is 0. The van der Waals surface area contributed by atoms with Gasteiger partial charge in [0.05, 0.1) is 6.61 Å². The van der Waals surface area contributed by atoms with Crippen LogP contribution in [0, 0.1) is 11.8 Å². The summed E-state index contributed by atoms with van der Waals surface area (Å²) >= 11 is 1.13. The maximum Gasteiger partial charge on any atom is 0.413 e. The van der Waals surface area contributed by atoms with Crippen molar-refractivity contribution in [3.63, 3.8) is 0 Å². The molecule has 1 aliphatic heterocycles. The Morgan fingerprint density at radius 3 is 2.44 bits per heavy atom. The van der Waals surface area contributed by atoms with Crippen molar-refractivity contribution in [2.75, 3.05) is 23.8 Å². The number of benzene rings is 1. The van der Waals surface area contributed by atoms with Gasteiger partial charge in [-0.25, -0.2) is 9.78 Å². The van der Waals surface area contributed by atoms with E-state index in [1.54, 1.807) is 11.8 Å². The van der Waals surface area contributed by atoms with Crippen LogP contribution in [0.1, 0.15) is 72.1 Å². The molecule has 2 heterocycles. The van der Waals surface area contributed by atoms with Crippen molar-refractivity contribution >= 4 is 45.3 Å². The number of ether oxygens (including phenoxy) is 1. The second-order valence-electron chi connectivity index (χ2n) is 10.8. The number of likely N-dealkylation sites (tertiary alicyclic amines) is 1. The lowest BCUT2D eigenvalue weighted by atomic mass is 9.83. The van der Waals surface area contributed by atoms with Gasteiger partial charge in [0.15, 0.2) is 5.13 Å². The van der Waals surface area contributed by atoms with E-state index in [1.165, 1.54) is 0 Å². The van der Waals surface area contributed by atoms with Gasteiger partial charge in [-0.1, -0.05) is 74.8 Å². The molecule has 1 aromatic carbocycles. The van der Waals surface area contributed by atoms with E-state index in [0.29, 0.717) is 41.6 Å². The van der Waals surface area contributed by atoms with Crippen molar-refractivity contribution in [2.45, 2.75) is 84.2 Å². The van der Waals surface area contributed by atoms with Gasteiger partial charge in [-0.2, -0.15) is 0 Å². The lowest BCUT2D eigenvalue weighted by Crippen LogP contribution is -2.56. The molecule has 0 radical (unpaired) electrons. The topological polar surface area (TPSA) is 130 Å². The van der Waals surface area contributed by atoms with Crippen LogP contribution in [0.5, 0.6) is 0 Å². The minimum absolute atomic E-state index is 0.0660. The Bertz CT molecular complexity index is 1210. The third-order valence-electron chi connectivity index (χ3n) is 7.98. The molecule has 3 N–H and O–H groups in total. The standard InChI is InChI=1S/C30H41N5O5S/c1-4-19(3)25(36)31-24(21-15-10-7-11-16-21)28(38)35-18-12-17-22(35)26(37)33-27-23(20-13-8-6-9-14-20)32-29(41-27)34-30(39)40-5-2/h6,8-9,13-14,19,21-22,24H,4-5,7,10-12,15-18H2,1-3H3,(H,31,36)(H,33,37)(H,32,34,39)/t19-,22+,24+/m1/s1. The molecule has 3 atom stereocenters. The Hall–Kier alpha value is -3.47. The van der Waals surface area contributed by atoms with Crippen molar-refractivity contribution in [1.82, 2.24) is 15.2 Å². The lowest BCUT2D eigenvalue weighted by Gasteiger charge is -2.35. The zero-order valence-corrected chi connectivity index (χ0v) is 24.9. The fourth-order valence-electron chi connectivity index (χ4n) is 5.51. The number of carbonyl (C=O) groups excluding carboxylic acids is 4. The first-order valence-corrected chi connectivity index (χ1v) is 15.6. The zero-order valence-electron chi connectivity index (χ0n) is 24.1. The van der Waals surface area contributed by atoms with Crippen LogP contribution in [0.4, 0.5) is 14.9 Å². The number of hydrogen-bond acceptors (Lipinski definition) is 7. The number of anilines is 2. The minimum Gasteiger partial charge on any atom is -0.450 e. The van der Waals surface area contributed by atoms with Crippen molar-refractivity contribution in [3.8, 4) is 11.3 Å². The first-order valence-electron chi connectivity index (χ1n) is 14.7. The van der Waals surface area contributed by atoms with E-state index in [2.05, 4.69) is 20.9 Å². The van der Waals surface area contributed by atoms with Crippen molar-refractivity contribution in [2.24, 2.45) is 11.8 Å². The maximum absolute atomic E-state index is 14.0. The molecule has 4 amide bonds. The van der Waals surface area contributed by atoms with Gasteiger partial charge in [0.2, 0.25) is 17.7 Å². The van der Waals surface area contributed by atoms with Crippen molar-refractivity contribution in [1.29, 1.82) is 0 Å². The van der Waals surface area contributed by atoms with Gasteiger partial charge < -0.3 is 20.3 Å². The lowest BCUT2D eigenvalue weighted by molar-refractivity contribution is -0.142. The first-order chi connectivity index (χ1) is 19.8. The van der Waals surface area contributed by atoms with Crippen LogP contribution in [0.25, 0.3) is 11.3 Å². The van der Waals surface area contributed by atoms with Crippen LogP contribution in [0.2, 0.25) is 0 Å². The first kappa shape index (κ1) is 30.5. The highest BCUT2D eigenvalue weighted by Crippen LogP contribution is 2.37. The highest BCUT2D eigenvalue weighted by atomic mass is 32.1. The van der Waals surface area contributed by atoms with Gasteiger partial charge in [0.1, 0.15) is 22.8 Å². The summed E-state index contributed by atoms with van der Waals surface area (Å²) in [4.78, 5) is 58.8. The molecule has 0 spiro atoms. The average molecular weight is 584 g/mol. The monoisotopic (exact) mass is 583 g/mol. The molecule has 222 valence electrons. The van der Waals surface area contributed by atoms with E-state index in [0.717, 1.165) is 49.0 Å². The number of carbonyl (C=O) groups is 4. The van der Waals surface area contributed by atoms with E-state index in [-0.39, 0.29) is 36.2 Å². The van der Waals surface area contributed by atoms with E-state index < -0.39 is 18.2 Å². The normalized spacial score (nSPS) is 18.8. The predicted octanol–water partition coefficient (Wildman–Crippen LogP) is 5.42. The van der Waals surface area contributed by atoms with Crippen LogP contribution in [-0.4, -0.2) is 58.9 Å². The summed E-state index contributed by atoms with van der Waals surface area (Å²) in [5.74, 6) is -0.725. The van der Waals surface area contributed by atoms with Gasteiger partial charge in [-0.15, -0.1) is 0 Å². The Morgan fingerprint density at radius 1 is 1.02 bits per heavy atom. The maximum atomic E-state index is 14.0. The second-order valence-corrected chi connectivity index (χ2v) is 11.8. The van der Waals surface area contributed by atoms with Gasteiger partial charge in [-0.3, -0.25) is 19.7 Å². The third kappa shape index (κ3) is 7.63. The van der Waals surface area contributed by atoms with E-state index in [9.17, 15) is 19.2 Å². The Balaban J connectivity index is 1.55. The van der Waals surface area contributed by atoms with Crippen LogP contribution in [-0.2, 0) is 19.1 Å². The summed E-state index contributed by atoms with van der Waals surface area (Å²) in [5, 5.41) is 9.44. The van der Waals surface area contributed by atoms with Gasteiger partial charge in [0, 0.05) is 18.0 Å². The molecule has 11 heteroatoms. The summed E-state index contributed by atoms with van der Waals surface area (Å²) in [6, 6.07) is 8.08. The van der Waals surface area contributed by atoms with E-state index in [1.807, 2.05) is 44.2 Å². The van der Waals surface area contributed by atoms with Crippen molar-refractivity contribution < 1.29 is 23.9 Å². The summed E-state index contributed by atoms with van der Waals surface area (Å²) in [6.45, 7) is 6.22. The molecule has 2 fully saturated rings. The molecule has 41 heavy (non-hydrogen) atoms. The molecule has 2 aliphatic rings. The van der Waals surface area contributed by atoms with Gasteiger partial charge in [0.25, 0.3) is 0 Å².